The predicted octanol–water partition coefficient (Wildman–Crippen LogP) is 5.63. The van der Waals surface area contributed by atoms with Gasteiger partial charge in [0.2, 0.25) is 17.7 Å². The molecule has 250 valence electrons. The number of benzene rings is 2. The largest absolute Gasteiger partial charge is 0.494 e. The molecule has 0 aromatic heterocycles. The normalized spacial score (nSPS) is 28.1. The Balaban J connectivity index is 1.46. The number of likely N-dealkylation sites (tertiary alicyclic amines) is 1. The van der Waals surface area contributed by atoms with Crippen molar-refractivity contribution in [2.45, 2.75) is 75.6 Å². The van der Waals surface area contributed by atoms with Crippen molar-refractivity contribution < 1.29 is 24.2 Å². The fourth-order valence-electron chi connectivity index (χ4n) is 8.50. The molecule has 2 aromatic rings. The topological polar surface area (TPSA) is 90.4 Å². The Hall–Kier alpha value is -3.56. The highest BCUT2D eigenvalue weighted by molar-refractivity contribution is 8.02. The van der Waals surface area contributed by atoms with E-state index in [0.29, 0.717) is 19.7 Å². The van der Waals surface area contributed by atoms with Crippen LogP contribution < -0.4 is 9.64 Å². The Morgan fingerprint density at radius 1 is 0.936 bits per heavy atom. The van der Waals surface area contributed by atoms with Crippen LogP contribution in [0.2, 0.25) is 0 Å². The van der Waals surface area contributed by atoms with Crippen molar-refractivity contribution in [3.05, 3.63) is 84.5 Å². The average Bonchev–Trinajstić information content (AvgIpc) is 3.32. The zero-order valence-corrected chi connectivity index (χ0v) is 29.1. The van der Waals surface area contributed by atoms with Gasteiger partial charge in [-0.2, -0.15) is 0 Å². The number of anilines is 1. The summed E-state index contributed by atoms with van der Waals surface area (Å²) < 4.78 is 4.64. The lowest BCUT2D eigenvalue weighted by Crippen LogP contribution is -2.59. The smallest absolute Gasteiger partial charge is 0.247 e. The Morgan fingerprint density at radius 3 is 2.28 bits per heavy atom. The number of fused-ring (bicyclic) bond motifs is 2. The molecule has 2 saturated heterocycles. The van der Waals surface area contributed by atoms with Crippen molar-refractivity contribution in [3.63, 3.8) is 0 Å². The third kappa shape index (κ3) is 5.79. The minimum atomic E-state index is -0.986. The molecule has 1 unspecified atom stereocenters. The van der Waals surface area contributed by atoms with E-state index in [1.807, 2.05) is 84.6 Å². The zero-order chi connectivity index (χ0) is 33.7. The molecule has 1 spiro atoms. The third-order valence-electron chi connectivity index (χ3n) is 9.94. The van der Waals surface area contributed by atoms with Gasteiger partial charge < -0.3 is 24.5 Å². The molecule has 6 atom stereocenters. The summed E-state index contributed by atoms with van der Waals surface area (Å²) in [5, 5.41) is 10.6. The molecule has 0 saturated carbocycles. The molecule has 47 heavy (non-hydrogen) atoms. The van der Waals surface area contributed by atoms with E-state index in [1.165, 1.54) is 0 Å². The summed E-state index contributed by atoms with van der Waals surface area (Å²) in [6, 6.07) is 15.2. The van der Waals surface area contributed by atoms with Crippen molar-refractivity contribution in [1.29, 1.82) is 0 Å². The van der Waals surface area contributed by atoms with Gasteiger partial charge in [-0.3, -0.25) is 14.4 Å². The molecule has 4 aliphatic rings. The van der Waals surface area contributed by atoms with Crippen LogP contribution in [0.25, 0.3) is 0 Å². The molecule has 0 aliphatic carbocycles. The van der Waals surface area contributed by atoms with Crippen LogP contribution in [0.3, 0.4) is 0 Å². The molecule has 9 heteroatoms. The molecule has 6 rings (SSSR count). The molecule has 4 heterocycles. The molecule has 2 aromatic carbocycles. The molecule has 2 fully saturated rings. The SMILES string of the molecule is CCOc1ccc(N2CC=C[C@H]3S[C@]45C=CCN(C(C)(C)CC(C)(C)C)C(=O)C4N([C@H](CO)c4ccccc4)C(=O)[C@@H]5[C@H]3C2=O)cc1. The second-order valence-electron chi connectivity index (χ2n) is 14.9. The molecule has 0 radical (unpaired) electrons. The summed E-state index contributed by atoms with van der Waals surface area (Å²) in [5.74, 6) is -1.29. The van der Waals surface area contributed by atoms with E-state index in [1.54, 1.807) is 21.6 Å². The Kier molecular flexibility index (Phi) is 8.85. The van der Waals surface area contributed by atoms with Gasteiger partial charge in [-0.1, -0.05) is 75.4 Å². The lowest BCUT2D eigenvalue weighted by Gasteiger charge is -2.45. The number of carbonyl (C=O) groups excluding carboxylic acids is 3. The second-order valence-corrected chi connectivity index (χ2v) is 16.4. The minimum absolute atomic E-state index is 0.0419. The maximum atomic E-state index is 15.1. The number of carbonyl (C=O) groups is 3. The summed E-state index contributed by atoms with van der Waals surface area (Å²) in [6.07, 6.45) is 8.89. The van der Waals surface area contributed by atoms with Gasteiger partial charge in [-0.15, -0.1) is 11.8 Å². The van der Waals surface area contributed by atoms with Crippen molar-refractivity contribution >= 4 is 35.2 Å². The van der Waals surface area contributed by atoms with Gasteiger partial charge in [-0.25, -0.2) is 0 Å². The van der Waals surface area contributed by atoms with Crippen LogP contribution in [-0.2, 0) is 14.4 Å². The van der Waals surface area contributed by atoms with Crippen molar-refractivity contribution in [2.75, 3.05) is 31.2 Å². The quantitative estimate of drug-likeness (QED) is 0.370. The van der Waals surface area contributed by atoms with Gasteiger partial charge >= 0.3 is 0 Å². The first-order valence-electron chi connectivity index (χ1n) is 16.7. The fraction of sp³-hybridized carbons (Fsp3) is 0.500. The Labute approximate surface area is 282 Å². The van der Waals surface area contributed by atoms with Crippen molar-refractivity contribution in [2.24, 2.45) is 17.3 Å². The molecule has 3 amide bonds. The Bertz CT molecular complexity index is 1570. The number of nitrogens with zero attached hydrogens (tertiary/aromatic N) is 3. The van der Waals surface area contributed by atoms with Crippen LogP contribution >= 0.6 is 11.8 Å². The van der Waals surface area contributed by atoms with Gasteiger partial charge in [0.1, 0.15) is 11.8 Å². The van der Waals surface area contributed by atoms with Crippen LogP contribution in [0.1, 0.15) is 59.6 Å². The van der Waals surface area contributed by atoms with E-state index >= 15 is 9.59 Å². The van der Waals surface area contributed by atoms with Crippen LogP contribution in [0.5, 0.6) is 5.75 Å². The molecule has 8 nitrogen and oxygen atoms in total. The molecular weight excluding hydrogens is 611 g/mol. The van der Waals surface area contributed by atoms with Gasteiger partial charge in [0, 0.05) is 29.6 Å². The summed E-state index contributed by atoms with van der Waals surface area (Å²) in [6.45, 7) is 13.6. The Morgan fingerprint density at radius 2 is 1.64 bits per heavy atom. The standard InChI is InChI=1S/C38H47N3O5S/c1-7-46-27-18-16-26(17-19-27)39-21-11-15-29-30(33(39)43)31-34(44)41(28(23-42)25-13-9-8-10-14-25)32-35(45)40(22-12-20-38(31,32)47-29)37(5,6)24-36(2,3)4/h8-20,28-32,42H,7,21-24H2,1-6H3/t28-,29-,30+,31+,32?,38+/m1/s1. The zero-order valence-electron chi connectivity index (χ0n) is 28.3. The first-order valence-corrected chi connectivity index (χ1v) is 17.6. The summed E-state index contributed by atoms with van der Waals surface area (Å²) >= 11 is 1.56. The van der Waals surface area contributed by atoms with Gasteiger partial charge in [0.05, 0.1) is 35.8 Å². The number of rotatable bonds is 8. The lowest BCUT2D eigenvalue weighted by atomic mass is 9.77. The summed E-state index contributed by atoms with van der Waals surface area (Å²) in [4.78, 5) is 50.1. The number of amides is 3. The average molecular weight is 658 g/mol. The van der Waals surface area contributed by atoms with Gasteiger partial charge in [-0.05, 0) is 62.4 Å². The van der Waals surface area contributed by atoms with E-state index in [4.69, 9.17) is 4.74 Å². The molecule has 1 N–H and O–H groups in total. The number of hydrogen-bond acceptors (Lipinski definition) is 6. The molecular formula is C38H47N3O5S. The van der Waals surface area contributed by atoms with Crippen LogP contribution in [0.15, 0.2) is 78.9 Å². The van der Waals surface area contributed by atoms with E-state index in [-0.39, 0.29) is 35.0 Å². The highest BCUT2D eigenvalue weighted by atomic mass is 32.2. The van der Waals surface area contributed by atoms with Crippen LogP contribution in [0, 0.1) is 17.3 Å². The number of hydrogen-bond donors (Lipinski definition) is 1. The first-order chi connectivity index (χ1) is 22.3. The van der Waals surface area contributed by atoms with Gasteiger partial charge in [0.25, 0.3) is 0 Å². The van der Waals surface area contributed by atoms with Crippen LogP contribution in [0.4, 0.5) is 5.69 Å². The summed E-state index contributed by atoms with van der Waals surface area (Å²) in [5.41, 5.74) is 0.936. The minimum Gasteiger partial charge on any atom is -0.494 e. The van der Waals surface area contributed by atoms with Gasteiger partial charge in [0.15, 0.2) is 0 Å². The number of aliphatic hydroxyl groups is 1. The predicted molar refractivity (Wildman–Crippen MR) is 186 cm³/mol. The monoisotopic (exact) mass is 657 g/mol. The maximum absolute atomic E-state index is 15.1. The highest BCUT2D eigenvalue weighted by Gasteiger charge is 2.72. The summed E-state index contributed by atoms with van der Waals surface area (Å²) in [7, 11) is 0. The first kappa shape index (κ1) is 33.3. The van der Waals surface area contributed by atoms with Crippen molar-refractivity contribution in [1.82, 2.24) is 9.80 Å². The van der Waals surface area contributed by atoms with E-state index in [9.17, 15) is 9.90 Å². The maximum Gasteiger partial charge on any atom is 0.247 e. The lowest BCUT2D eigenvalue weighted by molar-refractivity contribution is -0.149. The fourth-order valence-corrected chi connectivity index (χ4v) is 10.5. The highest BCUT2D eigenvalue weighted by Crippen LogP contribution is 2.62. The van der Waals surface area contributed by atoms with Crippen molar-refractivity contribution in [3.8, 4) is 5.75 Å². The number of ether oxygens (including phenoxy) is 1. The van der Waals surface area contributed by atoms with Crippen LogP contribution in [-0.4, -0.2) is 80.5 Å². The van der Waals surface area contributed by atoms with E-state index in [2.05, 4.69) is 40.7 Å². The number of thioether (sulfide) groups is 1. The second kappa shape index (κ2) is 12.5. The molecule has 4 aliphatic heterocycles. The third-order valence-corrected chi connectivity index (χ3v) is 11.7. The van der Waals surface area contributed by atoms with E-state index in [0.717, 1.165) is 23.4 Å². The molecule has 0 bridgehead atoms. The van der Waals surface area contributed by atoms with E-state index < -0.39 is 34.2 Å². The number of aliphatic hydroxyl groups excluding tert-OH is 1.